The highest BCUT2D eigenvalue weighted by atomic mass is 32.1. The fourth-order valence-corrected chi connectivity index (χ4v) is 9.88. The molecular formula is C34H42FN9O4S. The molecule has 7 heterocycles. The van der Waals surface area contributed by atoms with E-state index in [1.165, 1.54) is 11.3 Å². The summed E-state index contributed by atoms with van der Waals surface area (Å²) in [6.45, 7) is 10.4. The molecule has 1 unspecified atom stereocenters. The molecule has 4 aliphatic heterocycles. The van der Waals surface area contributed by atoms with Crippen LogP contribution in [0.25, 0.3) is 11.5 Å². The van der Waals surface area contributed by atoms with Gasteiger partial charge in [-0.05, 0) is 72.8 Å². The van der Waals surface area contributed by atoms with Crippen molar-refractivity contribution in [1.29, 1.82) is 5.26 Å². The lowest BCUT2D eigenvalue weighted by Gasteiger charge is -2.41. The predicted octanol–water partition coefficient (Wildman–Crippen LogP) is 4.84. The summed E-state index contributed by atoms with van der Waals surface area (Å²) in [7, 11) is 0. The van der Waals surface area contributed by atoms with Crippen molar-refractivity contribution in [3.8, 4) is 23.6 Å². The van der Waals surface area contributed by atoms with Crippen molar-refractivity contribution in [2.45, 2.75) is 107 Å². The van der Waals surface area contributed by atoms with E-state index < -0.39 is 17.2 Å². The molecule has 0 aromatic carbocycles. The molecule has 5 atom stereocenters. The Morgan fingerprint density at radius 1 is 1.20 bits per heavy atom. The summed E-state index contributed by atoms with van der Waals surface area (Å²) in [6.07, 6.45) is 4.36. The van der Waals surface area contributed by atoms with E-state index in [0.29, 0.717) is 60.4 Å². The van der Waals surface area contributed by atoms with Gasteiger partial charge in [-0.25, -0.2) is 9.18 Å². The first kappa shape index (κ1) is 32.2. The zero-order valence-electron chi connectivity index (χ0n) is 28.4. The lowest BCUT2D eigenvalue weighted by atomic mass is 9.83. The number of ether oxygens (including phenoxy) is 2. The van der Waals surface area contributed by atoms with E-state index in [-0.39, 0.29) is 42.2 Å². The largest absolute Gasteiger partial charge is 0.461 e. The van der Waals surface area contributed by atoms with Gasteiger partial charge < -0.3 is 24.6 Å². The van der Waals surface area contributed by atoms with Gasteiger partial charge in [-0.3, -0.25) is 9.80 Å². The number of nitrogens with two attached hydrogens (primary N) is 1. The molecule has 4 saturated heterocycles. The second-order valence-electron chi connectivity index (χ2n) is 15.4. The average Bonchev–Trinajstić information content (AvgIpc) is 3.88. The molecule has 3 aromatic heterocycles. The number of hydrogen-bond donors (Lipinski definition) is 1. The van der Waals surface area contributed by atoms with E-state index >= 15 is 0 Å². The second kappa shape index (κ2) is 11.5. The highest BCUT2D eigenvalue weighted by Gasteiger charge is 2.50. The second-order valence-corrected chi connectivity index (χ2v) is 16.6. The topological polar surface area (TPSA) is 160 Å². The first-order chi connectivity index (χ1) is 23.4. The molecule has 260 valence electrons. The van der Waals surface area contributed by atoms with Crippen LogP contribution in [0.3, 0.4) is 0 Å². The van der Waals surface area contributed by atoms with Crippen molar-refractivity contribution in [1.82, 2.24) is 29.9 Å². The lowest BCUT2D eigenvalue weighted by Crippen LogP contribution is -2.57. The van der Waals surface area contributed by atoms with Crippen LogP contribution in [0, 0.1) is 11.3 Å². The van der Waals surface area contributed by atoms with Gasteiger partial charge in [0.05, 0.1) is 28.6 Å². The van der Waals surface area contributed by atoms with Crippen molar-refractivity contribution in [2.24, 2.45) is 0 Å². The Labute approximate surface area is 288 Å². The number of thiophene rings is 1. The highest BCUT2D eigenvalue weighted by Crippen LogP contribution is 2.50. The Morgan fingerprint density at radius 2 is 1.98 bits per heavy atom. The number of hydrogen-bond acceptors (Lipinski definition) is 13. The fourth-order valence-electron chi connectivity index (χ4n) is 8.73. The van der Waals surface area contributed by atoms with E-state index in [0.717, 1.165) is 49.1 Å². The van der Waals surface area contributed by atoms with Crippen molar-refractivity contribution in [3.63, 3.8) is 0 Å². The number of halogens is 1. The number of amides is 1. The van der Waals surface area contributed by atoms with Crippen LogP contribution in [-0.4, -0.2) is 98.2 Å². The van der Waals surface area contributed by atoms with Crippen LogP contribution in [0.5, 0.6) is 6.01 Å². The minimum absolute atomic E-state index is 0.0250. The molecule has 1 amide bonds. The van der Waals surface area contributed by atoms with Crippen LogP contribution in [0.15, 0.2) is 10.6 Å². The standard InChI is InChI=1S/C34H42FN9O4S/c1-32(2,3)47-31(45)44-20-6-7-21(44)17-42(16-20)25-12-23(38-30(39-25)46-18-34-9-5-11-43(34)15-19(35)13-34)28-40-29(48-41-28)33(4)10-8-24-26(33)22(14-36)27(37)49-24/h12,19-21H,5-11,13,15-18,37H2,1-4H3/t19-,20-,21+,33?,34+/m1/s1. The van der Waals surface area contributed by atoms with Gasteiger partial charge in [0.1, 0.15) is 41.0 Å². The number of nitriles is 1. The first-order valence-electron chi connectivity index (χ1n) is 17.2. The molecule has 5 aliphatic rings. The third-order valence-corrected chi connectivity index (χ3v) is 12.1. The van der Waals surface area contributed by atoms with E-state index in [2.05, 4.69) is 21.0 Å². The van der Waals surface area contributed by atoms with Crippen LogP contribution in [0.1, 0.15) is 88.1 Å². The maximum absolute atomic E-state index is 14.5. The third-order valence-electron chi connectivity index (χ3n) is 11.0. The predicted molar refractivity (Wildman–Crippen MR) is 179 cm³/mol. The molecule has 13 nitrogen and oxygen atoms in total. The number of rotatable bonds is 6. The van der Waals surface area contributed by atoms with Gasteiger partial charge in [-0.1, -0.05) is 5.16 Å². The summed E-state index contributed by atoms with van der Waals surface area (Å²) >= 11 is 1.44. The highest BCUT2D eigenvalue weighted by molar-refractivity contribution is 7.16. The summed E-state index contributed by atoms with van der Waals surface area (Å²) in [4.78, 5) is 34.9. The Morgan fingerprint density at radius 3 is 2.71 bits per heavy atom. The van der Waals surface area contributed by atoms with Crippen LogP contribution in [-0.2, 0) is 16.6 Å². The minimum atomic E-state index is -0.876. The van der Waals surface area contributed by atoms with Gasteiger partial charge in [-0.2, -0.15) is 20.2 Å². The number of anilines is 2. The summed E-state index contributed by atoms with van der Waals surface area (Å²) in [5.74, 6) is 1.30. The zero-order chi connectivity index (χ0) is 34.3. The van der Waals surface area contributed by atoms with Gasteiger partial charge in [0, 0.05) is 42.6 Å². The molecule has 15 heteroatoms. The number of carbonyl (C=O) groups excluding carboxylic acids is 1. The summed E-state index contributed by atoms with van der Waals surface area (Å²) < 4.78 is 32.5. The summed E-state index contributed by atoms with van der Waals surface area (Å²) in [5, 5.41) is 14.7. The van der Waals surface area contributed by atoms with Crippen LogP contribution < -0.4 is 15.4 Å². The van der Waals surface area contributed by atoms with Gasteiger partial charge in [0.15, 0.2) is 0 Å². The van der Waals surface area contributed by atoms with E-state index in [9.17, 15) is 14.4 Å². The Kier molecular flexibility index (Phi) is 7.56. The number of aromatic nitrogens is 4. The minimum Gasteiger partial charge on any atom is -0.461 e. The van der Waals surface area contributed by atoms with Crippen LogP contribution >= 0.6 is 11.3 Å². The van der Waals surface area contributed by atoms with Crippen molar-refractivity contribution < 1.29 is 23.2 Å². The number of fused-ring (bicyclic) bond motifs is 4. The zero-order valence-corrected chi connectivity index (χ0v) is 29.2. The first-order valence-corrected chi connectivity index (χ1v) is 18.0. The molecule has 4 fully saturated rings. The summed E-state index contributed by atoms with van der Waals surface area (Å²) in [5.41, 5.74) is 6.35. The average molecular weight is 692 g/mol. The third kappa shape index (κ3) is 5.47. The monoisotopic (exact) mass is 691 g/mol. The number of aryl methyl sites for hydroxylation is 1. The Balaban J connectivity index is 1.11. The molecule has 3 aromatic rings. The summed E-state index contributed by atoms with van der Waals surface area (Å²) in [6, 6.07) is 4.22. The molecular weight excluding hydrogens is 649 g/mol. The van der Waals surface area contributed by atoms with E-state index in [1.54, 1.807) is 0 Å². The SMILES string of the molecule is CC(C)(C)OC(=O)N1[C@@H]2CC[C@H]1CN(c1cc(-c3noc(C4(C)CCc5sc(N)c(C#N)c54)n3)nc(OC[C@@]34CCCN3C[C@H](F)C4)n1)C2. The number of nitrogen functional groups attached to an aromatic ring is 1. The Hall–Kier alpha value is -4.03. The molecule has 8 rings (SSSR count). The maximum Gasteiger partial charge on any atom is 0.410 e. The number of carbonyl (C=O) groups is 1. The Bertz CT molecular complexity index is 1820. The molecule has 2 N–H and O–H groups in total. The fraction of sp³-hybridized carbons (Fsp3) is 0.647. The van der Waals surface area contributed by atoms with E-state index in [1.807, 2.05) is 38.7 Å². The maximum atomic E-state index is 14.5. The van der Waals surface area contributed by atoms with Gasteiger partial charge in [-0.15, -0.1) is 11.3 Å². The van der Waals surface area contributed by atoms with Gasteiger partial charge in [0.25, 0.3) is 0 Å². The molecule has 0 spiro atoms. The number of nitrogens with zero attached hydrogens (tertiary/aromatic N) is 8. The lowest BCUT2D eigenvalue weighted by molar-refractivity contribution is 0.0122. The number of alkyl halides is 1. The smallest absolute Gasteiger partial charge is 0.410 e. The molecule has 1 aliphatic carbocycles. The van der Waals surface area contributed by atoms with Crippen LogP contribution in [0.4, 0.5) is 20.0 Å². The van der Waals surface area contributed by atoms with Gasteiger partial charge in [0.2, 0.25) is 11.7 Å². The quantitative estimate of drug-likeness (QED) is 0.376. The molecule has 0 radical (unpaired) electrons. The number of piperazine rings is 1. The molecule has 2 bridgehead atoms. The van der Waals surface area contributed by atoms with Crippen molar-refractivity contribution in [2.75, 3.05) is 43.4 Å². The molecule has 49 heavy (non-hydrogen) atoms. The van der Waals surface area contributed by atoms with E-state index in [4.69, 9.17) is 34.7 Å². The van der Waals surface area contributed by atoms with Crippen molar-refractivity contribution >= 4 is 28.2 Å². The van der Waals surface area contributed by atoms with Gasteiger partial charge >= 0.3 is 12.1 Å². The molecule has 0 saturated carbocycles. The van der Waals surface area contributed by atoms with Crippen molar-refractivity contribution in [3.05, 3.63) is 28.0 Å². The normalized spacial score (nSPS) is 29.3. The van der Waals surface area contributed by atoms with Crippen LogP contribution in [0.2, 0.25) is 0 Å².